The number of halogens is 1. The van der Waals surface area contributed by atoms with Gasteiger partial charge in [-0.1, -0.05) is 25.0 Å². The summed E-state index contributed by atoms with van der Waals surface area (Å²) in [5.41, 5.74) is 0.995. The molecule has 0 spiro atoms. The highest BCUT2D eigenvalue weighted by molar-refractivity contribution is 14.0. The normalized spacial score (nSPS) is 19.6. The van der Waals surface area contributed by atoms with Crippen LogP contribution in [0.15, 0.2) is 23.2 Å². The molecule has 1 amide bonds. The number of carbonyl (C=O) groups is 1. The molecule has 2 aliphatic rings. The maximum Gasteiger partial charge on any atom is 0.225 e. The molecule has 1 unspecified atom stereocenters. The van der Waals surface area contributed by atoms with E-state index >= 15 is 0 Å². The van der Waals surface area contributed by atoms with Crippen LogP contribution in [-0.4, -0.2) is 57.2 Å². The number of nitrogens with one attached hydrogen (secondary N) is 2. The predicted octanol–water partition coefficient (Wildman–Crippen LogP) is 2.78. The third-order valence-corrected chi connectivity index (χ3v) is 5.70. The zero-order chi connectivity index (χ0) is 19.9. The van der Waals surface area contributed by atoms with Gasteiger partial charge in [0.1, 0.15) is 0 Å². The predicted molar refractivity (Wildman–Crippen MR) is 125 cm³/mol. The van der Waals surface area contributed by atoms with E-state index in [0.29, 0.717) is 18.2 Å². The third-order valence-electron chi connectivity index (χ3n) is 5.70. The number of rotatable bonds is 6. The Hall–Kier alpha value is -1.71. The summed E-state index contributed by atoms with van der Waals surface area (Å²) in [6.45, 7) is 2.14. The van der Waals surface area contributed by atoms with Crippen molar-refractivity contribution in [3.05, 3.63) is 23.8 Å². The van der Waals surface area contributed by atoms with Gasteiger partial charge in [-0.2, -0.15) is 0 Å². The smallest absolute Gasteiger partial charge is 0.225 e. The molecule has 0 aromatic heterocycles. The number of ether oxygens (including phenoxy) is 2. The summed E-state index contributed by atoms with van der Waals surface area (Å²) in [5, 5.41) is 6.79. The van der Waals surface area contributed by atoms with Crippen LogP contribution in [0.4, 0.5) is 0 Å². The van der Waals surface area contributed by atoms with E-state index in [9.17, 15) is 4.79 Å². The van der Waals surface area contributed by atoms with Crippen molar-refractivity contribution in [3.63, 3.8) is 0 Å². The van der Waals surface area contributed by atoms with E-state index < -0.39 is 0 Å². The van der Waals surface area contributed by atoms with Crippen LogP contribution in [0.1, 0.15) is 37.7 Å². The Bertz CT molecular complexity index is 707. The van der Waals surface area contributed by atoms with Gasteiger partial charge >= 0.3 is 0 Å². The first-order valence-electron chi connectivity index (χ1n) is 10.1. The number of methoxy groups -OCH3 is 2. The van der Waals surface area contributed by atoms with Crippen LogP contribution >= 0.6 is 24.0 Å². The third kappa shape index (κ3) is 5.90. The average molecular weight is 516 g/mol. The summed E-state index contributed by atoms with van der Waals surface area (Å²) in [6, 6.07) is 6.05. The fourth-order valence-corrected chi connectivity index (χ4v) is 4.17. The second kappa shape index (κ2) is 11.5. The van der Waals surface area contributed by atoms with E-state index in [-0.39, 0.29) is 35.9 Å². The molecule has 0 radical (unpaired) electrons. The van der Waals surface area contributed by atoms with Crippen LogP contribution in [0, 0.1) is 5.92 Å². The SMILES string of the molecule is CN=C(NCc1cccc(OC)c1OC)NC1CCN(C(=O)C2CCCC2)C1.I. The summed E-state index contributed by atoms with van der Waals surface area (Å²) in [4.78, 5) is 19.0. The Morgan fingerprint density at radius 1 is 1.21 bits per heavy atom. The van der Waals surface area contributed by atoms with Gasteiger partial charge in [-0.15, -0.1) is 24.0 Å². The van der Waals surface area contributed by atoms with Crippen molar-refractivity contribution in [3.8, 4) is 11.5 Å². The first-order chi connectivity index (χ1) is 13.7. The lowest BCUT2D eigenvalue weighted by molar-refractivity contribution is -0.134. The molecule has 1 aliphatic heterocycles. The number of likely N-dealkylation sites (tertiary alicyclic amines) is 1. The minimum atomic E-state index is 0. The van der Waals surface area contributed by atoms with Crippen molar-refractivity contribution in [1.29, 1.82) is 0 Å². The van der Waals surface area contributed by atoms with Gasteiger partial charge in [0.2, 0.25) is 5.91 Å². The number of hydrogen-bond donors (Lipinski definition) is 2. The second-order valence-electron chi connectivity index (χ2n) is 7.47. The Morgan fingerprint density at radius 2 is 1.97 bits per heavy atom. The Labute approximate surface area is 190 Å². The molecule has 1 aromatic rings. The molecule has 1 atom stereocenters. The highest BCUT2D eigenvalue weighted by atomic mass is 127. The van der Waals surface area contributed by atoms with Gasteiger partial charge in [0.15, 0.2) is 17.5 Å². The maximum atomic E-state index is 12.6. The number of nitrogens with zero attached hydrogens (tertiary/aromatic N) is 2. The Kier molecular flexibility index (Phi) is 9.32. The van der Waals surface area contributed by atoms with E-state index in [1.807, 2.05) is 23.1 Å². The molecule has 3 rings (SSSR count). The number of aliphatic imine (C=N–C) groups is 1. The molecule has 1 heterocycles. The minimum absolute atomic E-state index is 0. The van der Waals surface area contributed by atoms with Crippen molar-refractivity contribution in [2.75, 3.05) is 34.4 Å². The van der Waals surface area contributed by atoms with Gasteiger partial charge in [-0.25, -0.2) is 0 Å². The monoisotopic (exact) mass is 516 g/mol. The second-order valence-corrected chi connectivity index (χ2v) is 7.47. The molecule has 1 saturated heterocycles. The van der Waals surface area contributed by atoms with Crippen LogP contribution in [-0.2, 0) is 11.3 Å². The summed E-state index contributed by atoms with van der Waals surface area (Å²) in [7, 11) is 5.03. The summed E-state index contributed by atoms with van der Waals surface area (Å²) in [6.07, 6.45) is 5.44. The highest BCUT2D eigenvalue weighted by Crippen LogP contribution is 2.30. The van der Waals surface area contributed by atoms with Crippen molar-refractivity contribution < 1.29 is 14.3 Å². The number of guanidine groups is 1. The van der Waals surface area contributed by atoms with Crippen molar-refractivity contribution >= 4 is 35.8 Å². The van der Waals surface area contributed by atoms with Gasteiger partial charge in [0, 0.05) is 44.2 Å². The molecule has 0 bridgehead atoms. The van der Waals surface area contributed by atoms with Gasteiger partial charge in [-0.05, 0) is 25.3 Å². The lowest BCUT2D eigenvalue weighted by Gasteiger charge is -2.21. The summed E-state index contributed by atoms with van der Waals surface area (Å²) in [5.74, 6) is 2.75. The van der Waals surface area contributed by atoms with Crippen LogP contribution in [0.5, 0.6) is 11.5 Å². The van der Waals surface area contributed by atoms with Crippen molar-refractivity contribution in [2.24, 2.45) is 10.9 Å². The average Bonchev–Trinajstić information content (AvgIpc) is 3.42. The maximum absolute atomic E-state index is 12.6. The van der Waals surface area contributed by atoms with E-state index in [1.165, 1.54) is 12.8 Å². The minimum Gasteiger partial charge on any atom is -0.493 e. The van der Waals surface area contributed by atoms with Crippen molar-refractivity contribution in [2.45, 2.75) is 44.7 Å². The zero-order valence-corrected chi connectivity index (χ0v) is 19.9. The van der Waals surface area contributed by atoms with Crippen LogP contribution in [0.25, 0.3) is 0 Å². The van der Waals surface area contributed by atoms with Gasteiger partial charge in [0.05, 0.1) is 14.2 Å². The van der Waals surface area contributed by atoms with E-state index in [0.717, 1.165) is 49.6 Å². The largest absolute Gasteiger partial charge is 0.493 e. The lowest BCUT2D eigenvalue weighted by atomic mass is 10.1. The number of para-hydroxylation sites is 1. The molecule has 162 valence electrons. The molecule has 1 aromatic carbocycles. The Balaban J connectivity index is 0.00000300. The number of amides is 1. The van der Waals surface area contributed by atoms with Crippen LogP contribution in [0.2, 0.25) is 0 Å². The fraction of sp³-hybridized carbons (Fsp3) is 0.619. The quantitative estimate of drug-likeness (QED) is 0.346. The molecule has 29 heavy (non-hydrogen) atoms. The van der Waals surface area contributed by atoms with E-state index in [2.05, 4.69) is 15.6 Å². The standard InChI is InChI=1S/C21H32N4O3.HI/c1-22-21(23-13-16-9-6-10-18(27-2)19(16)28-3)24-17-11-12-25(14-17)20(26)15-7-4-5-8-15;/h6,9-10,15,17H,4-5,7-8,11-14H2,1-3H3,(H2,22,23,24);1H. The Morgan fingerprint density at radius 3 is 2.62 bits per heavy atom. The molecule has 2 N–H and O–H groups in total. The van der Waals surface area contributed by atoms with E-state index in [4.69, 9.17) is 9.47 Å². The van der Waals surface area contributed by atoms with Crippen molar-refractivity contribution in [1.82, 2.24) is 15.5 Å². The van der Waals surface area contributed by atoms with Gasteiger partial charge < -0.3 is 25.0 Å². The number of benzene rings is 1. The molecule has 2 fully saturated rings. The molecule has 1 saturated carbocycles. The number of carbonyl (C=O) groups excluding carboxylic acids is 1. The van der Waals surface area contributed by atoms with Gasteiger partial charge in [-0.3, -0.25) is 9.79 Å². The topological polar surface area (TPSA) is 75.2 Å². The molecule has 8 heteroatoms. The van der Waals surface area contributed by atoms with E-state index in [1.54, 1.807) is 21.3 Å². The van der Waals surface area contributed by atoms with Crippen LogP contribution in [0.3, 0.4) is 0 Å². The summed E-state index contributed by atoms with van der Waals surface area (Å²) < 4.78 is 10.8. The summed E-state index contributed by atoms with van der Waals surface area (Å²) >= 11 is 0. The molecular weight excluding hydrogens is 483 g/mol. The lowest BCUT2D eigenvalue weighted by Crippen LogP contribution is -2.45. The highest BCUT2D eigenvalue weighted by Gasteiger charge is 2.32. The first kappa shape index (κ1) is 23.6. The van der Waals surface area contributed by atoms with Gasteiger partial charge in [0.25, 0.3) is 0 Å². The zero-order valence-electron chi connectivity index (χ0n) is 17.6. The van der Waals surface area contributed by atoms with Crippen LogP contribution < -0.4 is 20.1 Å². The molecule has 7 nitrogen and oxygen atoms in total. The molecule has 1 aliphatic carbocycles. The fourth-order valence-electron chi connectivity index (χ4n) is 4.17. The molecular formula is C21H33IN4O3. The first-order valence-corrected chi connectivity index (χ1v) is 10.1. The number of hydrogen-bond acceptors (Lipinski definition) is 4.